The van der Waals surface area contributed by atoms with Gasteiger partial charge in [-0.15, -0.1) is 0 Å². The summed E-state index contributed by atoms with van der Waals surface area (Å²) in [7, 11) is 0. The summed E-state index contributed by atoms with van der Waals surface area (Å²) in [5.74, 6) is 0.335. The van der Waals surface area contributed by atoms with Gasteiger partial charge in [0.05, 0.1) is 17.2 Å². The summed E-state index contributed by atoms with van der Waals surface area (Å²) in [5, 5.41) is 17.8. The second-order valence-corrected chi connectivity index (χ2v) is 4.81. The molecule has 0 aliphatic carbocycles. The lowest BCUT2D eigenvalue weighted by Gasteiger charge is -2.05. The molecule has 0 saturated carbocycles. The highest BCUT2D eigenvalue weighted by Gasteiger charge is 2.14. The molecule has 0 spiro atoms. The van der Waals surface area contributed by atoms with Crippen molar-refractivity contribution in [3.8, 4) is 23.5 Å². The molecule has 0 saturated heterocycles. The number of furan rings is 1. The summed E-state index contributed by atoms with van der Waals surface area (Å²) in [6, 6.07) is 11.7. The van der Waals surface area contributed by atoms with Crippen LogP contribution in [0.3, 0.4) is 0 Å². The number of allylic oxidation sites excluding steroid dienone is 1. The maximum atomic E-state index is 11.9. The molecular weight excluding hydrogens is 316 g/mol. The van der Waals surface area contributed by atoms with Crippen LogP contribution in [0, 0.1) is 22.7 Å². The lowest BCUT2D eigenvalue weighted by atomic mass is 10.1. The van der Waals surface area contributed by atoms with E-state index in [9.17, 15) is 4.79 Å². The average Bonchev–Trinajstić information content (AvgIpc) is 3.01. The van der Waals surface area contributed by atoms with Crippen molar-refractivity contribution >= 4 is 23.6 Å². The fourth-order valence-electron chi connectivity index (χ4n) is 1.86. The normalized spacial score (nSPS) is 9.57. The second kappa shape index (κ2) is 7.31. The van der Waals surface area contributed by atoms with Gasteiger partial charge >= 0.3 is 5.97 Å². The number of halogens is 1. The molecule has 0 fully saturated rings. The SMILES string of the molecule is CCOC(=O)c1cc(-c2ccc(C=C(C#N)C#N)o2)ccc1Cl. The Morgan fingerprint density at radius 3 is 2.70 bits per heavy atom. The molecule has 0 atom stereocenters. The van der Waals surface area contributed by atoms with E-state index in [0.717, 1.165) is 0 Å². The highest BCUT2D eigenvalue weighted by Crippen LogP contribution is 2.28. The minimum atomic E-state index is -0.512. The number of carbonyl (C=O) groups excluding carboxylic acids is 1. The van der Waals surface area contributed by atoms with Crippen LogP contribution in [0.4, 0.5) is 0 Å². The summed E-state index contributed by atoms with van der Waals surface area (Å²) in [6.07, 6.45) is 1.34. The maximum Gasteiger partial charge on any atom is 0.339 e. The van der Waals surface area contributed by atoms with Crippen LogP contribution >= 0.6 is 11.6 Å². The van der Waals surface area contributed by atoms with Crippen molar-refractivity contribution in [2.75, 3.05) is 6.61 Å². The Bertz CT molecular complexity index is 837. The van der Waals surface area contributed by atoms with Crippen LogP contribution in [0.25, 0.3) is 17.4 Å². The number of nitriles is 2. The molecule has 114 valence electrons. The van der Waals surface area contributed by atoms with Crippen molar-refractivity contribution in [1.29, 1.82) is 10.5 Å². The van der Waals surface area contributed by atoms with Gasteiger partial charge in [0, 0.05) is 11.6 Å². The minimum Gasteiger partial charge on any atom is -0.462 e. The Morgan fingerprint density at radius 1 is 1.30 bits per heavy atom. The van der Waals surface area contributed by atoms with E-state index in [0.29, 0.717) is 17.1 Å². The number of esters is 1. The zero-order chi connectivity index (χ0) is 16.8. The quantitative estimate of drug-likeness (QED) is 0.620. The van der Waals surface area contributed by atoms with Gasteiger partial charge in [-0.2, -0.15) is 10.5 Å². The highest BCUT2D eigenvalue weighted by molar-refractivity contribution is 6.33. The molecule has 1 aromatic carbocycles. The Morgan fingerprint density at radius 2 is 2.04 bits per heavy atom. The van der Waals surface area contributed by atoms with Crippen LogP contribution in [-0.2, 0) is 4.74 Å². The van der Waals surface area contributed by atoms with E-state index >= 15 is 0 Å². The molecule has 0 radical (unpaired) electrons. The number of hydrogen-bond donors (Lipinski definition) is 0. The smallest absolute Gasteiger partial charge is 0.339 e. The number of rotatable bonds is 4. The number of carbonyl (C=O) groups is 1. The van der Waals surface area contributed by atoms with Gasteiger partial charge in [-0.3, -0.25) is 0 Å². The molecule has 6 heteroatoms. The molecule has 5 nitrogen and oxygen atoms in total. The Hall–Kier alpha value is -3.02. The molecule has 0 aliphatic heterocycles. The summed E-state index contributed by atoms with van der Waals surface area (Å²) < 4.78 is 10.5. The van der Waals surface area contributed by atoms with Gasteiger partial charge in [0.25, 0.3) is 0 Å². The molecule has 1 heterocycles. The Balaban J connectivity index is 2.37. The van der Waals surface area contributed by atoms with Gasteiger partial charge in [-0.05, 0) is 37.3 Å². The summed E-state index contributed by atoms with van der Waals surface area (Å²) in [5.41, 5.74) is 0.816. The van der Waals surface area contributed by atoms with Crippen molar-refractivity contribution in [1.82, 2.24) is 0 Å². The lowest BCUT2D eigenvalue weighted by molar-refractivity contribution is 0.0526. The van der Waals surface area contributed by atoms with Crippen LogP contribution in [0.15, 0.2) is 40.3 Å². The molecule has 23 heavy (non-hydrogen) atoms. The zero-order valence-corrected chi connectivity index (χ0v) is 12.9. The van der Waals surface area contributed by atoms with E-state index in [1.807, 2.05) is 0 Å². The number of ether oxygens (including phenoxy) is 1. The van der Waals surface area contributed by atoms with Gasteiger partial charge in [0.15, 0.2) is 0 Å². The van der Waals surface area contributed by atoms with Gasteiger partial charge in [0.1, 0.15) is 29.2 Å². The Kier molecular flexibility index (Phi) is 5.19. The van der Waals surface area contributed by atoms with Crippen LogP contribution in [0.2, 0.25) is 5.02 Å². The van der Waals surface area contributed by atoms with E-state index in [-0.39, 0.29) is 22.8 Å². The first-order valence-electron chi connectivity index (χ1n) is 6.67. The van der Waals surface area contributed by atoms with E-state index < -0.39 is 5.97 Å². The van der Waals surface area contributed by atoms with E-state index in [1.165, 1.54) is 6.08 Å². The number of benzene rings is 1. The third-order valence-electron chi connectivity index (χ3n) is 2.90. The second-order valence-electron chi connectivity index (χ2n) is 4.40. The average molecular weight is 327 g/mol. The highest BCUT2D eigenvalue weighted by atomic mass is 35.5. The maximum absolute atomic E-state index is 11.9. The molecule has 0 N–H and O–H groups in total. The summed E-state index contributed by atoms with van der Waals surface area (Å²) in [6.45, 7) is 1.96. The molecule has 0 aliphatic rings. The van der Waals surface area contributed by atoms with Crippen LogP contribution in [0.5, 0.6) is 0 Å². The topological polar surface area (TPSA) is 87.0 Å². The molecule has 0 unspecified atom stereocenters. The first kappa shape index (κ1) is 16.4. The summed E-state index contributed by atoms with van der Waals surface area (Å²) >= 11 is 6.01. The van der Waals surface area contributed by atoms with Crippen molar-refractivity contribution in [3.05, 3.63) is 52.3 Å². The van der Waals surface area contributed by atoms with Crippen molar-refractivity contribution in [2.45, 2.75) is 6.92 Å². The first-order chi connectivity index (χ1) is 11.1. The van der Waals surface area contributed by atoms with E-state index in [4.69, 9.17) is 31.3 Å². The molecule has 0 bridgehead atoms. The van der Waals surface area contributed by atoms with Gasteiger partial charge in [0.2, 0.25) is 0 Å². The van der Waals surface area contributed by atoms with E-state index in [2.05, 4.69) is 0 Å². The van der Waals surface area contributed by atoms with Crippen LogP contribution in [0.1, 0.15) is 23.0 Å². The van der Waals surface area contributed by atoms with Crippen molar-refractivity contribution < 1.29 is 13.9 Å². The molecule has 1 aromatic heterocycles. The number of nitrogens with zero attached hydrogens (tertiary/aromatic N) is 2. The van der Waals surface area contributed by atoms with Gasteiger partial charge in [-0.25, -0.2) is 4.79 Å². The lowest BCUT2D eigenvalue weighted by Crippen LogP contribution is -2.05. The largest absolute Gasteiger partial charge is 0.462 e. The van der Waals surface area contributed by atoms with E-state index in [1.54, 1.807) is 49.4 Å². The predicted octanol–water partition coefficient (Wildman–Crippen LogP) is 4.21. The molecule has 0 amide bonds. The van der Waals surface area contributed by atoms with Crippen LogP contribution < -0.4 is 0 Å². The standard InChI is InChI=1S/C17H11ClN2O3/c1-2-22-17(21)14-8-12(3-5-15(14)18)16-6-4-13(23-16)7-11(9-19)10-20/h3-8H,2H2,1H3. The molecule has 2 rings (SSSR count). The van der Waals surface area contributed by atoms with Crippen LogP contribution in [-0.4, -0.2) is 12.6 Å². The monoisotopic (exact) mass is 326 g/mol. The summed E-state index contributed by atoms with van der Waals surface area (Å²) in [4.78, 5) is 11.9. The fraction of sp³-hybridized carbons (Fsp3) is 0.118. The number of hydrogen-bond acceptors (Lipinski definition) is 5. The zero-order valence-electron chi connectivity index (χ0n) is 12.2. The fourth-order valence-corrected chi connectivity index (χ4v) is 2.06. The third-order valence-corrected chi connectivity index (χ3v) is 3.23. The van der Waals surface area contributed by atoms with Gasteiger partial charge in [-0.1, -0.05) is 11.6 Å². The van der Waals surface area contributed by atoms with Gasteiger partial charge < -0.3 is 9.15 Å². The third kappa shape index (κ3) is 3.79. The molecular formula is C17H11ClN2O3. The van der Waals surface area contributed by atoms with Crippen molar-refractivity contribution in [3.63, 3.8) is 0 Å². The molecule has 2 aromatic rings. The van der Waals surface area contributed by atoms with Crippen molar-refractivity contribution in [2.24, 2.45) is 0 Å². The Labute approximate surface area is 138 Å². The first-order valence-corrected chi connectivity index (χ1v) is 7.05. The minimum absolute atomic E-state index is 0.0609. The predicted molar refractivity (Wildman–Crippen MR) is 84.3 cm³/mol.